The van der Waals surface area contributed by atoms with Gasteiger partial charge in [0, 0.05) is 6.04 Å². The second-order valence-corrected chi connectivity index (χ2v) is 4.52. The zero-order valence-corrected chi connectivity index (χ0v) is 11.3. The molecule has 0 aliphatic heterocycles. The number of hydrogen-bond donors (Lipinski definition) is 3. The van der Waals surface area contributed by atoms with Crippen LogP contribution in [0.25, 0.3) is 0 Å². The Morgan fingerprint density at radius 2 is 1.35 bits per heavy atom. The fourth-order valence-corrected chi connectivity index (χ4v) is 1.60. The molecule has 0 saturated heterocycles. The molecule has 1 unspecified atom stereocenters. The van der Waals surface area contributed by atoms with Gasteiger partial charge in [0.05, 0.1) is 0 Å². The summed E-state index contributed by atoms with van der Waals surface area (Å²) in [5.74, 6) is 0. The van der Waals surface area contributed by atoms with Crippen LogP contribution in [0, 0.1) is 0 Å². The maximum Gasteiger partial charge on any atom is 0.503 e. The zero-order valence-electron chi connectivity index (χ0n) is 11.3. The molecule has 0 aromatic heterocycles. The van der Waals surface area contributed by atoms with Crippen molar-refractivity contribution in [2.24, 2.45) is 5.73 Å². The lowest BCUT2D eigenvalue weighted by Crippen LogP contribution is -2.13. The first-order valence-electron chi connectivity index (χ1n) is 6.68. The number of carboxylic acid groups (broad SMARTS) is 2. The molecule has 0 aromatic rings. The Bertz CT molecular complexity index is 157. The van der Waals surface area contributed by atoms with Gasteiger partial charge in [0.25, 0.3) is 0 Å². The van der Waals surface area contributed by atoms with Crippen LogP contribution in [-0.4, -0.2) is 22.4 Å². The Morgan fingerprint density at radius 1 is 1.00 bits per heavy atom. The third-order valence-corrected chi connectivity index (χ3v) is 2.51. The molecule has 0 bridgehead atoms. The lowest BCUT2D eigenvalue weighted by molar-refractivity contribution is 0.137. The number of hydrogen-bond acceptors (Lipinski definition) is 2. The molecule has 0 radical (unpaired) electrons. The molecule has 4 nitrogen and oxygen atoms in total. The molecule has 0 rings (SSSR count). The summed E-state index contributed by atoms with van der Waals surface area (Å²) in [5, 5.41) is 13.9. The topological polar surface area (TPSA) is 83.6 Å². The average Bonchev–Trinajstić information content (AvgIpc) is 2.21. The van der Waals surface area contributed by atoms with Gasteiger partial charge in [-0.1, -0.05) is 58.3 Å². The molecular formula is C13H29NO3. The summed E-state index contributed by atoms with van der Waals surface area (Å²) in [6.07, 6.45) is 10.6. The normalized spacial score (nSPS) is 11.5. The molecule has 0 spiro atoms. The molecule has 4 heteroatoms. The fourth-order valence-electron chi connectivity index (χ4n) is 1.60. The molecule has 104 valence electrons. The molecule has 4 N–H and O–H groups in total. The van der Waals surface area contributed by atoms with E-state index in [0.717, 1.165) is 0 Å². The second kappa shape index (κ2) is 15.2. The van der Waals surface area contributed by atoms with Crippen LogP contribution in [0.5, 0.6) is 0 Å². The van der Waals surface area contributed by atoms with Gasteiger partial charge in [0.15, 0.2) is 0 Å². The van der Waals surface area contributed by atoms with Gasteiger partial charge in [-0.05, 0) is 13.3 Å². The predicted molar refractivity (Wildman–Crippen MR) is 71.5 cm³/mol. The Balaban J connectivity index is 0. The van der Waals surface area contributed by atoms with Crippen molar-refractivity contribution in [1.29, 1.82) is 0 Å². The Kier molecular flexibility index (Phi) is 16.7. The van der Waals surface area contributed by atoms with Crippen LogP contribution >= 0.6 is 0 Å². The third kappa shape index (κ3) is 31.3. The van der Waals surface area contributed by atoms with E-state index in [-0.39, 0.29) is 0 Å². The van der Waals surface area contributed by atoms with Gasteiger partial charge >= 0.3 is 6.16 Å². The number of rotatable bonds is 9. The first-order valence-corrected chi connectivity index (χ1v) is 6.68. The lowest BCUT2D eigenvalue weighted by Gasteiger charge is -2.04. The van der Waals surface area contributed by atoms with Crippen LogP contribution in [0.1, 0.15) is 71.6 Å². The van der Waals surface area contributed by atoms with Crippen LogP contribution in [0.2, 0.25) is 0 Å². The molecule has 0 fully saturated rings. The van der Waals surface area contributed by atoms with E-state index >= 15 is 0 Å². The highest BCUT2D eigenvalue weighted by atomic mass is 16.6. The molecule has 1 atom stereocenters. The summed E-state index contributed by atoms with van der Waals surface area (Å²) in [6, 6.07) is 0.403. The Labute approximate surface area is 105 Å². The molecule has 17 heavy (non-hydrogen) atoms. The third-order valence-electron chi connectivity index (χ3n) is 2.51. The van der Waals surface area contributed by atoms with Crippen molar-refractivity contribution < 1.29 is 15.0 Å². The Hall–Kier alpha value is -0.770. The number of nitrogens with two attached hydrogens (primary N) is 1. The van der Waals surface area contributed by atoms with E-state index in [9.17, 15) is 0 Å². The SMILES string of the molecule is CCCCCCCCCCC(C)N.O=C(O)O. The molecule has 0 aliphatic carbocycles. The van der Waals surface area contributed by atoms with Crippen LogP contribution in [0.15, 0.2) is 0 Å². The molecule has 0 aromatic carbocycles. The minimum atomic E-state index is -1.83. The quantitative estimate of drug-likeness (QED) is 0.536. The van der Waals surface area contributed by atoms with E-state index < -0.39 is 6.16 Å². The van der Waals surface area contributed by atoms with E-state index in [0.29, 0.717) is 6.04 Å². The summed E-state index contributed by atoms with van der Waals surface area (Å²) in [5.41, 5.74) is 5.67. The summed E-state index contributed by atoms with van der Waals surface area (Å²) < 4.78 is 0. The van der Waals surface area contributed by atoms with Crippen molar-refractivity contribution in [3.63, 3.8) is 0 Å². The van der Waals surface area contributed by atoms with Crippen LogP contribution in [0.3, 0.4) is 0 Å². The smallest absolute Gasteiger partial charge is 0.450 e. The Morgan fingerprint density at radius 3 is 1.71 bits per heavy atom. The fraction of sp³-hybridized carbons (Fsp3) is 0.923. The van der Waals surface area contributed by atoms with E-state index in [1.165, 1.54) is 57.8 Å². The summed E-state index contributed by atoms with van der Waals surface area (Å²) in [7, 11) is 0. The van der Waals surface area contributed by atoms with Gasteiger partial charge in [-0.25, -0.2) is 4.79 Å². The highest BCUT2D eigenvalue weighted by Crippen LogP contribution is 2.09. The van der Waals surface area contributed by atoms with Gasteiger partial charge in [0.1, 0.15) is 0 Å². The van der Waals surface area contributed by atoms with Crippen LogP contribution < -0.4 is 5.73 Å². The van der Waals surface area contributed by atoms with E-state index in [1.54, 1.807) is 0 Å². The minimum absolute atomic E-state index is 0.403. The van der Waals surface area contributed by atoms with Gasteiger partial charge in [-0.3, -0.25) is 0 Å². The summed E-state index contributed by atoms with van der Waals surface area (Å²) in [6.45, 7) is 4.36. The van der Waals surface area contributed by atoms with Crippen molar-refractivity contribution in [2.45, 2.75) is 77.7 Å². The first-order chi connectivity index (χ1) is 8.00. The van der Waals surface area contributed by atoms with E-state index in [2.05, 4.69) is 13.8 Å². The largest absolute Gasteiger partial charge is 0.503 e. The maximum atomic E-state index is 8.56. The van der Waals surface area contributed by atoms with Crippen LogP contribution in [-0.2, 0) is 0 Å². The standard InChI is InChI=1S/C12H27N.CH2O3/c1-3-4-5-6-7-8-9-10-11-12(2)13;2-1(3)4/h12H,3-11,13H2,1-2H3;(H2,2,3,4). The predicted octanol–water partition coefficient (Wildman–Crippen LogP) is 4.09. The lowest BCUT2D eigenvalue weighted by atomic mass is 10.1. The molecule has 0 heterocycles. The van der Waals surface area contributed by atoms with Gasteiger partial charge in [0.2, 0.25) is 0 Å². The molecular weight excluding hydrogens is 218 g/mol. The first kappa shape index (κ1) is 18.6. The highest BCUT2D eigenvalue weighted by molar-refractivity contribution is 5.53. The second-order valence-electron chi connectivity index (χ2n) is 4.52. The molecule has 0 amide bonds. The van der Waals surface area contributed by atoms with Crippen LogP contribution in [0.4, 0.5) is 4.79 Å². The van der Waals surface area contributed by atoms with Crippen molar-refractivity contribution in [3.8, 4) is 0 Å². The minimum Gasteiger partial charge on any atom is -0.450 e. The van der Waals surface area contributed by atoms with Gasteiger partial charge in [-0.15, -0.1) is 0 Å². The van der Waals surface area contributed by atoms with E-state index in [1.807, 2.05) is 0 Å². The average molecular weight is 247 g/mol. The van der Waals surface area contributed by atoms with Gasteiger partial charge in [-0.2, -0.15) is 0 Å². The van der Waals surface area contributed by atoms with Crippen molar-refractivity contribution >= 4 is 6.16 Å². The molecule has 0 aliphatic rings. The van der Waals surface area contributed by atoms with Crippen molar-refractivity contribution in [3.05, 3.63) is 0 Å². The summed E-state index contributed by atoms with van der Waals surface area (Å²) >= 11 is 0. The summed E-state index contributed by atoms with van der Waals surface area (Å²) in [4.78, 5) is 8.56. The monoisotopic (exact) mass is 247 g/mol. The van der Waals surface area contributed by atoms with Gasteiger partial charge < -0.3 is 15.9 Å². The number of carbonyl (C=O) groups is 1. The number of unbranched alkanes of at least 4 members (excludes halogenated alkanes) is 7. The molecule has 0 saturated carbocycles. The van der Waals surface area contributed by atoms with Crippen molar-refractivity contribution in [1.82, 2.24) is 0 Å². The van der Waals surface area contributed by atoms with Crippen molar-refractivity contribution in [2.75, 3.05) is 0 Å². The van der Waals surface area contributed by atoms with E-state index in [4.69, 9.17) is 20.7 Å². The highest BCUT2D eigenvalue weighted by Gasteiger charge is 1.94. The maximum absolute atomic E-state index is 8.56. The zero-order chi connectivity index (χ0) is 13.5.